The lowest BCUT2D eigenvalue weighted by molar-refractivity contribution is 0.835. The van der Waals surface area contributed by atoms with E-state index in [9.17, 15) is 4.79 Å². The minimum atomic E-state index is -0.151. The van der Waals surface area contributed by atoms with Gasteiger partial charge in [-0.3, -0.25) is 14.9 Å². The minimum absolute atomic E-state index is 0.151. The number of halogens is 1. The lowest BCUT2D eigenvalue weighted by atomic mass is 10.1. The maximum atomic E-state index is 12.6. The SMILES string of the molecule is Cc1ccc(N=Cc2c(C)[nH]n(-c3cccc(Cl)c3)c2=O)cc1C. The van der Waals surface area contributed by atoms with Crippen LogP contribution < -0.4 is 5.56 Å². The van der Waals surface area contributed by atoms with E-state index >= 15 is 0 Å². The third-order valence-corrected chi connectivity index (χ3v) is 4.25. The zero-order valence-corrected chi connectivity index (χ0v) is 14.6. The maximum Gasteiger partial charge on any atom is 0.280 e. The Bertz CT molecular complexity index is 983. The van der Waals surface area contributed by atoms with Crippen molar-refractivity contribution in [3.8, 4) is 5.69 Å². The van der Waals surface area contributed by atoms with E-state index in [1.807, 2.05) is 44.2 Å². The Kier molecular flexibility index (Phi) is 4.40. The maximum absolute atomic E-state index is 12.6. The molecule has 0 saturated carbocycles. The summed E-state index contributed by atoms with van der Waals surface area (Å²) < 4.78 is 1.48. The molecule has 0 saturated heterocycles. The molecule has 0 unspecified atom stereocenters. The Morgan fingerprint density at radius 3 is 2.58 bits per heavy atom. The number of aromatic nitrogens is 2. The van der Waals surface area contributed by atoms with Crippen molar-refractivity contribution in [1.82, 2.24) is 9.78 Å². The van der Waals surface area contributed by atoms with Gasteiger partial charge in [0.25, 0.3) is 5.56 Å². The summed E-state index contributed by atoms with van der Waals surface area (Å²) in [5.41, 5.74) is 5.05. The second-order valence-corrected chi connectivity index (χ2v) is 6.23. The number of hydrogen-bond donors (Lipinski definition) is 1. The highest BCUT2D eigenvalue weighted by Gasteiger charge is 2.10. The molecule has 0 amide bonds. The normalized spacial score (nSPS) is 11.3. The molecule has 0 spiro atoms. The highest BCUT2D eigenvalue weighted by atomic mass is 35.5. The minimum Gasteiger partial charge on any atom is -0.295 e. The number of benzene rings is 2. The Morgan fingerprint density at radius 2 is 1.88 bits per heavy atom. The van der Waals surface area contributed by atoms with E-state index in [1.165, 1.54) is 15.8 Å². The number of aryl methyl sites for hydroxylation is 3. The predicted molar refractivity (Wildman–Crippen MR) is 99.3 cm³/mol. The van der Waals surface area contributed by atoms with Crippen molar-refractivity contribution in [3.63, 3.8) is 0 Å². The van der Waals surface area contributed by atoms with Gasteiger partial charge in [0.1, 0.15) is 0 Å². The van der Waals surface area contributed by atoms with Crippen molar-refractivity contribution in [1.29, 1.82) is 0 Å². The van der Waals surface area contributed by atoms with Gasteiger partial charge in [0.15, 0.2) is 0 Å². The van der Waals surface area contributed by atoms with E-state index in [-0.39, 0.29) is 5.56 Å². The van der Waals surface area contributed by atoms with Crippen LogP contribution >= 0.6 is 11.6 Å². The van der Waals surface area contributed by atoms with E-state index in [2.05, 4.69) is 17.0 Å². The van der Waals surface area contributed by atoms with Crippen molar-refractivity contribution in [2.75, 3.05) is 0 Å². The standard InChI is InChI=1S/C19H18ClN3O/c1-12-7-8-16(9-13(12)2)21-11-18-14(3)22-23(19(18)24)17-6-4-5-15(20)10-17/h4-11,22H,1-3H3. The molecule has 2 aromatic carbocycles. The molecule has 3 rings (SSSR count). The smallest absolute Gasteiger partial charge is 0.280 e. The fourth-order valence-corrected chi connectivity index (χ4v) is 2.64. The Morgan fingerprint density at radius 1 is 1.08 bits per heavy atom. The Balaban J connectivity index is 1.99. The fraction of sp³-hybridized carbons (Fsp3) is 0.158. The van der Waals surface area contributed by atoms with Crippen LogP contribution in [-0.2, 0) is 0 Å². The van der Waals surface area contributed by atoms with Crippen LogP contribution in [0, 0.1) is 20.8 Å². The van der Waals surface area contributed by atoms with Gasteiger partial charge < -0.3 is 0 Å². The summed E-state index contributed by atoms with van der Waals surface area (Å²) in [6, 6.07) is 13.1. The van der Waals surface area contributed by atoms with Crippen LogP contribution in [0.15, 0.2) is 52.3 Å². The quantitative estimate of drug-likeness (QED) is 0.702. The molecule has 0 aliphatic carbocycles. The zero-order valence-electron chi connectivity index (χ0n) is 13.8. The van der Waals surface area contributed by atoms with Gasteiger partial charge in [-0.1, -0.05) is 23.7 Å². The van der Waals surface area contributed by atoms with Crippen LogP contribution in [-0.4, -0.2) is 16.0 Å². The average Bonchev–Trinajstić information content (AvgIpc) is 2.83. The molecule has 0 aliphatic rings. The molecule has 0 atom stereocenters. The summed E-state index contributed by atoms with van der Waals surface area (Å²) in [4.78, 5) is 17.1. The highest BCUT2D eigenvalue weighted by molar-refractivity contribution is 6.30. The Hall–Kier alpha value is -2.59. The van der Waals surface area contributed by atoms with Crippen molar-refractivity contribution in [2.24, 2.45) is 4.99 Å². The Labute approximate surface area is 145 Å². The molecule has 5 heteroatoms. The molecule has 0 aliphatic heterocycles. The summed E-state index contributed by atoms with van der Waals surface area (Å²) in [5.74, 6) is 0. The molecule has 1 heterocycles. The van der Waals surface area contributed by atoms with E-state index in [4.69, 9.17) is 11.6 Å². The van der Waals surface area contributed by atoms with Gasteiger partial charge in [-0.05, 0) is 62.2 Å². The molecule has 1 aromatic heterocycles. The van der Waals surface area contributed by atoms with Gasteiger partial charge in [-0.25, -0.2) is 4.68 Å². The summed E-state index contributed by atoms with van der Waals surface area (Å²) in [6.07, 6.45) is 1.61. The lowest BCUT2D eigenvalue weighted by Gasteiger charge is -2.01. The largest absolute Gasteiger partial charge is 0.295 e. The van der Waals surface area contributed by atoms with E-state index in [0.717, 1.165) is 11.4 Å². The average molecular weight is 340 g/mol. The van der Waals surface area contributed by atoms with Crippen LogP contribution in [0.25, 0.3) is 5.69 Å². The second kappa shape index (κ2) is 6.49. The molecule has 0 fully saturated rings. The summed E-state index contributed by atoms with van der Waals surface area (Å²) in [5, 5.41) is 3.65. The van der Waals surface area contributed by atoms with Crippen LogP contribution in [0.3, 0.4) is 0 Å². The molecule has 1 N–H and O–H groups in total. The molecular formula is C19H18ClN3O. The first-order valence-corrected chi connectivity index (χ1v) is 8.02. The molecule has 0 radical (unpaired) electrons. The van der Waals surface area contributed by atoms with E-state index < -0.39 is 0 Å². The van der Waals surface area contributed by atoms with Crippen LogP contribution in [0.4, 0.5) is 5.69 Å². The number of nitrogens with one attached hydrogen (secondary N) is 1. The summed E-state index contributed by atoms with van der Waals surface area (Å²) in [6.45, 7) is 5.95. The van der Waals surface area contributed by atoms with Crippen LogP contribution in [0.2, 0.25) is 5.02 Å². The number of H-pyrrole nitrogens is 1. The van der Waals surface area contributed by atoms with E-state index in [1.54, 1.807) is 18.3 Å². The lowest BCUT2D eigenvalue weighted by Crippen LogP contribution is -2.17. The summed E-state index contributed by atoms with van der Waals surface area (Å²) in [7, 11) is 0. The monoisotopic (exact) mass is 339 g/mol. The summed E-state index contributed by atoms with van der Waals surface area (Å²) >= 11 is 6.01. The molecule has 3 aromatic rings. The molecule has 0 bridgehead atoms. The highest BCUT2D eigenvalue weighted by Crippen LogP contribution is 2.17. The third kappa shape index (κ3) is 3.19. The topological polar surface area (TPSA) is 50.1 Å². The van der Waals surface area contributed by atoms with Gasteiger partial charge in [-0.2, -0.15) is 0 Å². The fourth-order valence-electron chi connectivity index (χ4n) is 2.45. The first-order valence-electron chi connectivity index (χ1n) is 7.64. The van der Waals surface area contributed by atoms with Gasteiger partial charge in [0, 0.05) is 16.9 Å². The molecule has 4 nitrogen and oxygen atoms in total. The number of rotatable bonds is 3. The number of aliphatic imine (C=N–C) groups is 1. The first-order chi connectivity index (χ1) is 11.5. The third-order valence-electron chi connectivity index (χ3n) is 4.02. The number of nitrogens with zero attached hydrogens (tertiary/aromatic N) is 2. The number of hydrogen-bond acceptors (Lipinski definition) is 2. The predicted octanol–water partition coefficient (Wildman–Crippen LogP) is 4.49. The molecule has 24 heavy (non-hydrogen) atoms. The van der Waals surface area contributed by atoms with Crippen LogP contribution in [0.1, 0.15) is 22.4 Å². The number of aromatic amines is 1. The molecular weight excluding hydrogens is 322 g/mol. The van der Waals surface area contributed by atoms with Gasteiger partial charge in [0.05, 0.1) is 16.9 Å². The van der Waals surface area contributed by atoms with Gasteiger partial charge in [0.2, 0.25) is 0 Å². The van der Waals surface area contributed by atoms with Crippen molar-refractivity contribution in [3.05, 3.63) is 80.2 Å². The van der Waals surface area contributed by atoms with Crippen LogP contribution in [0.5, 0.6) is 0 Å². The van der Waals surface area contributed by atoms with Gasteiger partial charge >= 0.3 is 0 Å². The van der Waals surface area contributed by atoms with E-state index in [0.29, 0.717) is 16.3 Å². The molecule has 122 valence electrons. The first kappa shape index (κ1) is 16.3. The van der Waals surface area contributed by atoms with Crippen molar-refractivity contribution >= 4 is 23.5 Å². The zero-order chi connectivity index (χ0) is 17.3. The van der Waals surface area contributed by atoms with Crippen molar-refractivity contribution < 1.29 is 0 Å². The van der Waals surface area contributed by atoms with Gasteiger partial charge in [-0.15, -0.1) is 0 Å². The second-order valence-electron chi connectivity index (χ2n) is 5.80. The van der Waals surface area contributed by atoms with Crippen molar-refractivity contribution in [2.45, 2.75) is 20.8 Å².